The number of nitrogens with one attached hydrogen (secondary N) is 2. The van der Waals surface area contributed by atoms with Crippen molar-refractivity contribution in [3.63, 3.8) is 0 Å². The summed E-state index contributed by atoms with van der Waals surface area (Å²) in [6.07, 6.45) is 0.333. The normalized spacial score (nSPS) is 17.9. The Balaban J connectivity index is 1.60. The molecule has 0 bridgehead atoms. The summed E-state index contributed by atoms with van der Waals surface area (Å²) in [6, 6.07) is 14.0. The Kier molecular flexibility index (Phi) is 4.87. The minimum absolute atomic E-state index is 0.105. The van der Waals surface area contributed by atoms with Gasteiger partial charge in [-0.05, 0) is 47.9 Å². The van der Waals surface area contributed by atoms with Gasteiger partial charge >= 0.3 is 0 Å². The predicted octanol–water partition coefficient (Wildman–Crippen LogP) is 2.75. The number of aromatic amines is 1. The smallest absolute Gasteiger partial charge is 0.119 e. The minimum Gasteiger partial charge on any atom is -0.491 e. The van der Waals surface area contributed by atoms with Crippen LogP contribution in [0.25, 0.3) is 10.9 Å². The molecule has 0 radical (unpaired) electrons. The van der Waals surface area contributed by atoms with Crippen molar-refractivity contribution in [2.75, 3.05) is 19.7 Å². The fourth-order valence-electron chi connectivity index (χ4n) is 3.50. The molecule has 0 spiro atoms. The van der Waals surface area contributed by atoms with Gasteiger partial charge in [0.2, 0.25) is 0 Å². The first kappa shape index (κ1) is 17.4. The molecule has 2 heterocycles. The number of halogens is 1. The van der Waals surface area contributed by atoms with Crippen LogP contribution in [-0.4, -0.2) is 35.9 Å². The van der Waals surface area contributed by atoms with Gasteiger partial charge in [0.05, 0.1) is 6.04 Å². The molecule has 5 nitrogen and oxygen atoms in total. The van der Waals surface area contributed by atoms with E-state index in [4.69, 9.17) is 22.1 Å². The predicted molar refractivity (Wildman–Crippen MR) is 104 cm³/mol. The van der Waals surface area contributed by atoms with Gasteiger partial charge in [-0.2, -0.15) is 0 Å². The summed E-state index contributed by atoms with van der Waals surface area (Å²) < 4.78 is 5.56. The lowest BCUT2D eigenvalue weighted by Gasteiger charge is -2.25. The maximum absolute atomic E-state index is 9.50. The number of aromatic nitrogens is 1. The van der Waals surface area contributed by atoms with E-state index in [-0.39, 0.29) is 19.2 Å². The molecule has 0 fully saturated rings. The Bertz CT molecular complexity index is 907. The number of H-pyrrole nitrogens is 1. The second kappa shape index (κ2) is 7.29. The average Bonchev–Trinajstić information content (AvgIpc) is 3.04. The van der Waals surface area contributed by atoms with E-state index in [1.165, 1.54) is 16.6 Å². The van der Waals surface area contributed by atoms with Crippen LogP contribution in [0.15, 0.2) is 42.5 Å². The van der Waals surface area contributed by atoms with E-state index in [9.17, 15) is 5.11 Å². The summed E-state index contributed by atoms with van der Waals surface area (Å²) in [5.41, 5.74) is 10.2. The average molecular weight is 372 g/mol. The third kappa shape index (κ3) is 3.31. The van der Waals surface area contributed by atoms with Crippen molar-refractivity contribution in [2.24, 2.45) is 5.73 Å². The van der Waals surface area contributed by atoms with Crippen LogP contribution in [0.3, 0.4) is 0 Å². The first-order valence-electron chi connectivity index (χ1n) is 8.80. The molecule has 0 amide bonds. The summed E-state index contributed by atoms with van der Waals surface area (Å²) in [6.45, 7) is 1.31. The van der Waals surface area contributed by atoms with Gasteiger partial charge in [0.1, 0.15) is 18.5 Å². The summed E-state index contributed by atoms with van der Waals surface area (Å²) in [5, 5.41) is 15.0. The maximum Gasteiger partial charge on any atom is 0.119 e. The summed E-state index contributed by atoms with van der Waals surface area (Å²) in [5.74, 6) is 0.723. The quantitative estimate of drug-likeness (QED) is 0.555. The van der Waals surface area contributed by atoms with Crippen LogP contribution in [-0.2, 0) is 6.42 Å². The first-order valence-corrected chi connectivity index (χ1v) is 9.18. The third-order valence-electron chi connectivity index (χ3n) is 4.84. The van der Waals surface area contributed by atoms with Crippen molar-refractivity contribution in [3.8, 4) is 5.75 Å². The second-order valence-corrected chi connectivity index (χ2v) is 7.05. The van der Waals surface area contributed by atoms with Crippen molar-refractivity contribution >= 4 is 22.5 Å². The highest BCUT2D eigenvalue weighted by atomic mass is 35.5. The van der Waals surface area contributed by atoms with Crippen molar-refractivity contribution < 1.29 is 9.84 Å². The lowest BCUT2D eigenvalue weighted by molar-refractivity contribution is 0.114. The van der Waals surface area contributed by atoms with Crippen LogP contribution in [0.1, 0.15) is 22.9 Å². The fourth-order valence-corrected chi connectivity index (χ4v) is 3.67. The highest BCUT2D eigenvalue weighted by Crippen LogP contribution is 2.35. The molecule has 1 aliphatic rings. The number of hydrogen-bond acceptors (Lipinski definition) is 4. The molecule has 2 unspecified atom stereocenters. The number of aliphatic hydroxyl groups excluding tert-OH is 1. The Morgan fingerprint density at radius 1 is 1.23 bits per heavy atom. The topological polar surface area (TPSA) is 83.3 Å². The van der Waals surface area contributed by atoms with Crippen LogP contribution in [0, 0.1) is 0 Å². The third-order valence-corrected chi connectivity index (χ3v) is 5.08. The highest BCUT2D eigenvalue weighted by Gasteiger charge is 2.25. The van der Waals surface area contributed by atoms with Gasteiger partial charge in [0.25, 0.3) is 0 Å². The summed E-state index contributed by atoms with van der Waals surface area (Å²) in [7, 11) is 0. The standard InChI is InChI=1S/C20H22ClN3O2/c21-13-3-6-18-17(9-13)16-7-8-23-19(20(16)24-18)12-1-4-15(5-2-12)26-11-14(25)10-22/h1-6,9,14,19,23-25H,7-8,10-11,22H2. The molecule has 0 saturated carbocycles. The molecule has 1 aromatic heterocycles. The molecule has 4 rings (SSSR count). The lowest BCUT2D eigenvalue weighted by Crippen LogP contribution is -2.30. The van der Waals surface area contributed by atoms with Gasteiger partial charge in [-0.1, -0.05) is 23.7 Å². The van der Waals surface area contributed by atoms with Crippen molar-refractivity contribution in [2.45, 2.75) is 18.6 Å². The zero-order valence-corrected chi connectivity index (χ0v) is 15.1. The summed E-state index contributed by atoms with van der Waals surface area (Å²) >= 11 is 6.18. The van der Waals surface area contributed by atoms with Crippen molar-refractivity contribution in [3.05, 3.63) is 64.3 Å². The van der Waals surface area contributed by atoms with E-state index >= 15 is 0 Å². The molecular weight excluding hydrogens is 350 g/mol. The van der Waals surface area contributed by atoms with Gasteiger partial charge in [-0.3, -0.25) is 0 Å². The van der Waals surface area contributed by atoms with Crippen LogP contribution in [0.5, 0.6) is 5.75 Å². The maximum atomic E-state index is 9.50. The SMILES string of the molecule is NCC(O)COc1ccc(C2NCCc3c2[nH]c2ccc(Cl)cc32)cc1. The molecular formula is C20H22ClN3O2. The van der Waals surface area contributed by atoms with Crippen LogP contribution < -0.4 is 15.8 Å². The van der Waals surface area contributed by atoms with E-state index in [0.29, 0.717) is 0 Å². The molecule has 0 aliphatic carbocycles. The van der Waals surface area contributed by atoms with Gasteiger partial charge in [0.15, 0.2) is 0 Å². The number of fused-ring (bicyclic) bond motifs is 3. The second-order valence-electron chi connectivity index (χ2n) is 6.61. The molecule has 5 N–H and O–H groups in total. The molecule has 6 heteroatoms. The highest BCUT2D eigenvalue weighted by molar-refractivity contribution is 6.31. The molecule has 2 atom stereocenters. The van der Waals surface area contributed by atoms with E-state index < -0.39 is 6.10 Å². The molecule has 3 aromatic rings. The molecule has 0 saturated heterocycles. The zero-order chi connectivity index (χ0) is 18.1. The van der Waals surface area contributed by atoms with Crippen LogP contribution in [0.4, 0.5) is 0 Å². The van der Waals surface area contributed by atoms with Crippen molar-refractivity contribution in [1.29, 1.82) is 0 Å². The van der Waals surface area contributed by atoms with Gasteiger partial charge < -0.3 is 25.9 Å². The summed E-state index contributed by atoms with van der Waals surface area (Å²) in [4.78, 5) is 3.55. The Hall–Kier alpha value is -2.05. The number of nitrogens with two attached hydrogens (primary N) is 1. The molecule has 1 aliphatic heterocycles. The fraction of sp³-hybridized carbons (Fsp3) is 0.300. The number of ether oxygens (including phenoxy) is 1. The lowest BCUT2D eigenvalue weighted by atomic mass is 9.94. The first-order chi connectivity index (χ1) is 12.7. The minimum atomic E-state index is -0.643. The Labute approximate surface area is 157 Å². The van der Waals surface area contributed by atoms with E-state index in [0.717, 1.165) is 34.8 Å². The number of hydrogen-bond donors (Lipinski definition) is 4. The van der Waals surface area contributed by atoms with Gasteiger partial charge in [0, 0.05) is 34.7 Å². The van der Waals surface area contributed by atoms with E-state index in [1.807, 2.05) is 30.3 Å². The van der Waals surface area contributed by atoms with E-state index in [1.54, 1.807) is 0 Å². The molecule has 26 heavy (non-hydrogen) atoms. The Morgan fingerprint density at radius 2 is 2.04 bits per heavy atom. The van der Waals surface area contributed by atoms with Crippen LogP contribution >= 0.6 is 11.6 Å². The zero-order valence-electron chi connectivity index (χ0n) is 14.3. The number of aliphatic hydroxyl groups is 1. The van der Waals surface area contributed by atoms with Crippen molar-refractivity contribution in [1.82, 2.24) is 10.3 Å². The Morgan fingerprint density at radius 3 is 2.81 bits per heavy atom. The van der Waals surface area contributed by atoms with Gasteiger partial charge in [-0.25, -0.2) is 0 Å². The molecule has 136 valence electrons. The van der Waals surface area contributed by atoms with E-state index in [2.05, 4.69) is 22.4 Å². The largest absolute Gasteiger partial charge is 0.491 e. The number of benzene rings is 2. The monoisotopic (exact) mass is 371 g/mol. The molecule has 2 aromatic carbocycles. The van der Waals surface area contributed by atoms with Gasteiger partial charge in [-0.15, -0.1) is 0 Å². The number of rotatable bonds is 5. The van der Waals surface area contributed by atoms with Crippen LogP contribution in [0.2, 0.25) is 5.02 Å².